The van der Waals surface area contributed by atoms with E-state index in [1.807, 2.05) is 4.90 Å². The second-order valence-electron chi connectivity index (χ2n) is 8.24. The first-order chi connectivity index (χ1) is 15.4. The second-order valence-corrected chi connectivity index (χ2v) is 10.1. The molecule has 0 saturated carbocycles. The fourth-order valence-electron chi connectivity index (χ4n) is 4.21. The van der Waals surface area contributed by atoms with E-state index in [1.165, 1.54) is 4.31 Å². The highest BCUT2D eigenvalue weighted by Crippen LogP contribution is 2.26. The largest absolute Gasteiger partial charge is 0.385 e. The van der Waals surface area contributed by atoms with E-state index in [-0.39, 0.29) is 16.7 Å². The maximum Gasteiger partial charge on any atom is 0.243 e. The van der Waals surface area contributed by atoms with Gasteiger partial charge in [0.25, 0.3) is 0 Å². The zero-order chi connectivity index (χ0) is 23.0. The standard InChI is InChI=1S/C22H34N4O5S/c1-31-17-7-11-23-21(27)18-24-13-15-25(16-14-24)22(28)20-10-5-6-12-26(20)32(29,30)19-8-3-2-4-9-19/h2-4,8-9,20H,5-7,10-18H2,1H3,(H,23,27). The zero-order valence-electron chi connectivity index (χ0n) is 18.7. The molecule has 0 aliphatic carbocycles. The fourth-order valence-corrected chi connectivity index (χ4v) is 5.88. The Morgan fingerprint density at radius 1 is 1.06 bits per heavy atom. The van der Waals surface area contributed by atoms with Crippen LogP contribution in [0.25, 0.3) is 0 Å². The van der Waals surface area contributed by atoms with Gasteiger partial charge in [0.05, 0.1) is 11.4 Å². The summed E-state index contributed by atoms with van der Waals surface area (Å²) < 4.78 is 32.7. The van der Waals surface area contributed by atoms with Gasteiger partial charge < -0.3 is 15.0 Å². The molecule has 2 aliphatic heterocycles. The Morgan fingerprint density at radius 3 is 2.47 bits per heavy atom. The smallest absolute Gasteiger partial charge is 0.243 e. The molecule has 10 heteroatoms. The number of piperazine rings is 1. The van der Waals surface area contributed by atoms with Crippen molar-refractivity contribution in [1.29, 1.82) is 0 Å². The van der Waals surface area contributed by atoms with Crippen molar-refractivity contribution in [3.05, 3.63) is 30.3 Å². The average Bonchev–Trinajstić information content (AvgIpc) is 2.82. The van der Waals surface area contributed by atoms with Crippen LogP contribution in [0.1, 0.15) is 25.7 Å². The van der Waals surface area contributed by atoms with Crippen molar-refractivity contribution in [3.63, 3.8) is 0 Å². The molecule has 2 saturated heterocycles. The molecule has 2 aliphatic rings. The third-order valence-corrected chi connectivity index (χ3v) is 7.91. The SMILES string of the molecule is COCCCNC(=O)CN1CCN(C(=O)C2CCCCN2S(=O)(=O)c2ccccc2)CC1. The molecule has 1 N–H and O–H groups in total. The van der Waals surface area contributed by atoms with Crippen molar-refractivity contribution >= 4 is 21.8 Å². The summed E-state index contributed by atoms with van der Waals surface area (Å²) in [4.78, 5) is 29.4. The molecule has 178 valence electrons. The third-order valence-electron chi connectivity index (χ3n) is 5.99. The Morgan fingerprint density at radius 2 is 1.78 bits per heavy atom. The van der Waals surface area contributed by atoms with E-state index < -0.39 is 16.1 Å². The van der Waals surface area contributed by atoms with E-state index in [9.17, 15) is 18.0 Å². The minimum Gasteiger partial charge on any atom is -0.385 e. The minimum absolute atomic E-state index is 0.0340. The van der Waals surface area contributed by atoms with Gasteiger partial charge in [-0.3, -0.25) is 14.5 Å². The number of nitrogens with one attached hydrogen (secondary N) is 1. The Hall–Kier alpha value is -2.01. The molecule has 0 aromatic heterocycles. The quantitative estimate of drug-likeness (QED) is 0.533. The molecule has 2 amide bonds. The molecule has 1 aromatic rings. The first kappa shape index (κ1) is 24.6. The lowest BCUT2D eigenvalue weighted by Gasteiger charge is -2.40. The Kier molecular flexibility index (Phi) is 9.03. The van der Waals surface area contributed by atoms with E-state index in [1.54, 1.807) is 42.3 Å². The normalized spacial score (nSPS) is 20.8. The van der Waals surface area contributed by atoms with Crippen LogP contribution in [0.5, 0.6) is 0 Å². The van der Waals surface area contributed by atoms with E-state index in [4.69, 9.17) is 4.74 Å². The van der Waals surface area contributed by atoms with Gasteiger partial charge in [-0.05, 0) is 31.4 Å². The van der Waals surface area contributed by atoms with Crippen molar-refractivity contribution in [1.82, 2.24) is 19.4 Å². The molecule has 1 atom stereocenters. The number of carbonyl (C=O) groups excluding carboxylic acids is 2. The second kappa shape index (κ2) is 11.7. The maximum absolute atomic E-state index is 13.3. The van der Waals surface area contributed by atoms with Crippen LogP contribution >= 0.6 is 0 Å². The summed E-state index contributed by atoms with van der Waals surface area (Å²) in [6.45, 7) is 4.02. The van der Waals surface area contributed by atoms with Crippen LogP contribution in [-0.4, -0.2) is 99.9 Å². The van der Waals surface area contributed by atoms with Crippen LogP contribution in [0.4, 0.5) is 0 Å². The average molecular weight is 467 g/mol. The number of nitrogens with zero attached hydrogens (tertiary/aromatic N) is 3. The summed E-state index contributed by atoms with van der Waals surface area (Å²) in [5, 5.41) is 2.87. The molecule has 0 radical (unpaired) electrons. The molecule has 0 spiro atoms. The van der Waals surface area contributed by atoms with E-state index in [0.717, 1.165) is 19.3 Å². The number of sulfonamides is 1. The zero-order valence-corrected chi connectivity index (χ0v) is 19.6. The van der Waals surface area contributed by atoms with Crippen LogP contribution in [0.2, 0.25) is 0 Å². The molecule has 1 aromatic carbocycles. The van der Waals surface area contributed by atoms with E-state index >= 15 is 0 Å². The van der Waals surface area contributed by atoms with Gasteiger partial charge in [-0.25, -0.2) is 8.42 Å². The summed E-state index contributed by atoms with van der Waals surface area (Å²) in [6.07, 6.45) is 2.90. The minimum atomic E-state index is -3.72. The molecule has 2 fully saturated rings. The number of piperidine rings is 1. The van der Waals surface area contributed by atoms with Crippen molar-refractivity contribution in [2.45, 2.75) is 36.6 Å². The Labute approximate surface area is 190 Å². The highest BCUT2D eigenvalue weighted by atomic mass is 32.2. The molecule has 2 heterocycles. The monoisotopic (exact) mass is 466 g/mol. The number of rotatable bonds is 9. The van der Waals surface area contributed by atoms with Gasteiger partial charge in [-0.1, -0.05) is 24.6 Å². The summed E-state index contributed by atoms with van der Waals surface area (Å²) in [6, 6.07) is 7.65. The first-order valence-corrected chi connectivity index (χ1v) is 12.7. The van der Waals surface area contributed by atoms with Crippen LogP contribution in [0, 0.1) is 0 Å². The van der Waals surface area contributed by atoms with Crippen LogP contribution in [0.15, 0.2) is 35.2 Å². The van der Waals surface area contributed by atoms with Crippen molar-refractivity contribution in [2.75, 3.05) is 59.5 Å². The lowest BCUT2D eigenvalue weighted by Crippen LogP contribution is -2.57. The molecular formula is C22H34N4O5S. The van der Waals surface area contributed by atoms with Crippen LogP contribution in [-0.2, 0) is 24.3 Å². The van der Waals surface area contributed by atoms with Crippen molar-refractivity contribution < 1.29 is 22.7 Å². The molecule has 0 bridgehead atoms. The van der Waals surface area contributed by atoms with Crippen molar-refractivity contribution in [3.8, 4) is 0 Å². The summed E-state index contributed by atoms with van der Waals surface area (Å²) in [5.41, 5.74) is 0. The topological polar surface area (TPSA) is 99.3 Å². The van der Waals surface area contributed by atoms with Gasteiger partial charge in [0.2, 0.25) is 21.8 Å². The lowest BCUT2D eigenvalue weighted by molar-refractivity contribution is -0.138. The number of amides is 2. The number of hydrogen-bond acceptors (Lipinski definition) is 6. The maximum atomic E-state index is 13.3. The van der Waals surface area contributed by atoms with Crippen LogP contribution in [0.3, 0.4) is 0 Å². The first-order valence-electron chi connectivity index (χ1n) is 11.3. The van der Waals surface area contributed by atoms with Gasteiger partial charge in [0.15, 0.2) is 0 Å². The van der Waals surface area contributed by atoms with Gasteiger partial charge >= 0.3 is 0 Å². The highest BCUT2D eigenvalue weighted by Gasteiger charge is 2.40. The molecule has 9 nitrogen and oxygen atoms in total. The number of carbonyl (C=O) groups is 2. The summed E-state index contributed by atoms with van der Waals surface area (Å²) >= 11 is 0. The number of ether oxygens (including phenoxy) is 1. The van der Waals surface area contributed by atoms with Crippen LogP contribution < -0.4 is 5.32 Å². The van der Waals surface area contributed by atoms with Crippen molar-refractivity contribution in [2.24, 2.45) is 0 Å². The molecular weight excluding hydrogens is 432 g/mol. The Bertz CT molecular complexity index is 856. The molecule has 3 rings (SSSR count). The van der Waals surface area contributed by atoms with Gasteiger partial charge in [-0.15, -0.1) is 0 Å². The summed E-state index contributed by atoms with van der Waals surface area (Å²) in [7, 11) is -2.09. The molecule has 1 unspecified atom stereocenters. The van der Waals surface area contributed by atoms with E-state index in [0.29, 0.717) is 58.8 Å². The highest BCUT2D eigenvalue weighted by molar-refractivity contribution is 7.89. The number of benzene rings is 1. The fraction of sp³-hybridized carbons (Fsp3) is 0.636. The summed E-state index contributed by atoms with van der Waals surface area (Å²) in [5.74, 6) is -0.166. The van der Waals surface area contributed by atoms with Gasteiger partial charge in [0, 0.05) is 53.0 Å². The predicted octanol–water partition coefficient (Wildman–Crippen LogP) is 0.527. The lowest BCUT2D eigenvalue weighted by atomic mass is 10.0. The van der Waals surface area contributed by atoms with Gasteiger partial charge in [-0.2, -0.15) is 4.31 Å². The number of hydrogen-bond donors (Lipinski definition) is 1. The predicted molar refractivity (Wildman–Crippen MR) is 120 cm³/mol. The van der Waals surface area contributed by atoms with E-state index in [2.05, 4.69) is 5.32 Å². The Balaban J connectivity index is 1.55. The van der Waals surface area contributed by atoms with Gasteiger partial charge in [0.1, 0.15) is 6.04 Å². The number of methoxy groups -OCH3 is 1. The third kappa shape index (κ3) is 6.28. The molecule has 32 heavy (non-hydrogen) atoms.